The second-order valence-electron chi connectivity index (χ2n) is 4.86. The maximum absolute atomic E-state index is 11.5. The van der Waals surface area contributed by atoms with E-state index in [0.717, 1.165) is 24.9 Å². The summed E-state index contributed by atoms with van der Waals surface area (Å²) in [5.74, 6) is -0.317. The third-order valence-electron chi connectivity index (χ3n) is 3.58. The quantitative estimate of drug-likeness (QED) is 0.743. The molecule has 20 heavy (non-hydrogen) atoms. The van der Waals surface area contributed by atoms with Gasteiger partial charge in [0.15, 0.2) is 0 Å². The van der Waals surface area contributed by atoms with Crippen LogP contribution in [0.3, 0.4) is 0 Å². The van der Waals surface area contributed by atoms with Crippen LogP contribution in [-0.2, 0) is 11.3 Å². The molecule has 0 aliphatic heterocycles. The third kappa shape index (κ3) is 4.62. The molecule has 0 unspecified atom stereocenters. The number of nitrogens with zero attached hydrogens (tertiary/aromatic N) is 1. The van der Waals surface area contributed by atoms with Gasteiger partial charge < -0.3 is 9.84 Å². The van der Waals surface area contributed by atoms with E-state index in [2.05, 4.69) is 18.7 Å². The summed E-state index contributed by atoms with van der Waals surface area (Å²) in [7, 11) is 1.39. The van der Waals surface area contributed by atoms with E-state index in [9.17, 15) is 9.90 Å². The Morgan fingerprint density at radius 1 is 1.35 bits per heavy atom. The van der Waals surface area contributed by atoms with E-state index < -0.39 is 0 Å². The van der Waals surface area contributed by atoms with E-state index in [1.165, 1.54) is 7.11 Å². The first-order valence-corrected chi connectivity index (χ1v) is 7.18. The summed E-state index contributed by atoms with van der Waals surface area (Å²) < 4.78 is 4.74. The molecule has 4 heteroatoms. The number of hydrogen-bond donors (Lipinski definition) is 1. The van der Waals surface area contributed by atoms with Crippen LogP contribution in [0.4, 0.5) is 0 Å². The first kappa shape index (κ1) is 16.7. The molecule has 0 bridgehead atoms. The number of methoxy groups -OCH3 is 1. The Labute approximate surface area is 121 Å². The molecule has 0 amide bonds. The highest BCUT2D eigenvalue weighted by atomic mass is 16.5. The first-order valence-electron chi connectivity index (χ1n) is 7.18. The maximum atomic E-state index is 11.5. The number of aliphatic hydroxyl groups excluding tert-OH is 1. The monoisotopic (exact) mass is 279 g/mol. The number of benzene rings is 1. The predicted molar refractivity (Wildman–Crippen MR) is 79.6 cm³/mol. The Hall–Kier alpha value is -1.39. The molecule has 0 atom stereocenters. The maximum Gasteiger partial charge on any atom is 0.337 e. The van der Waals surface area contributed by atoms with Crippen LogP contribution in [0.2, 0.25) is 0 Å². The van der Waals surface area contributed by atoms with Crippen LogP contribution < -0.4 is 0 Å². The van der Waals surface area contributed by atoms with Crippen molar-refractivity contribution in [3.05, 3.63) is 35.4 Å². The molecular weight excluding hydrogens is 254 g/mol. The Morgan fingerprint density at radius 2 is 2.05 bits per heavy atom. The highest BCUT2D eigenvalue weighted by molar-refractivity contribution is 5.89. The first-order chi connectivity index (χ1) is 9.65. The largest absolute Gasteiger partial charge is 0.465 e. The van der Waals surface area contributed by atoms with Crippen molar-refractivity contribution >= 4 is 5.97 Å². The van der Waals surface area contributed by atoms with Gasteiger partial charge in [-0.15, -0.1) is 0 Å². The molecule has 112 valence electrons. The number of ether oxygens (including phenoxy) is 1. The average Bonchev–Trinajstić information content (AvgIpc) is 2.48. The summed E-state index contributed by atoms with van der Waals surface area (Å²) in [4.78, 5) is 13.8. The van der Waals surface area contributed by atoms with E-state index >= 15 is 0 Å². The summed E-state index contributed by atoms with van der Waals surface area (Å²) >= 11 is 0. The number of carbonyl (C=O) groups is 1. The Morgan fingerprint density at radius 3 is 2.60 bits per heavy atom. The molecule has 0 saturated carbocycles. The van der Waals surface area contributed by atoms with Gasteiger partial charge in [0.2, 0.25) is 0 Å². The second-order valence-corrected chi connectivity index (χ2v) is 4.86. The lowest BCUT2D eigenvalue weighted by Gasteiger charge is -2.30. The SMILES string of the molecule is CCC(CC)N(CCO)Cc1cccc(C(=O)OC)c1. The summed E-state index contributed by atoms with van der Waals surface area (Å²) in [6.45, 7) is 5.84. The zero-order valence-corrected chi connectivity index (χ0v) is 12.6. The molecule has 0 aliphatic carbocycles. The van der Waals surface area contributed by atoms with E-state index in [0.29, 0.717) is 18.2 Å². The van der Waals surface area contributed by atoms with Gasteiger partial charge in [-0.2, -0.15) is 0 Å². The summed E-state index contributed by atoms with van der Waals surface area (Å²) in [5, 5.41) is 9.22. The van der Waals surface area contributed by atoms with Gasteiger partial charge in [-0.25, -0.2) is 4.79 Å². The van der Waals surface area contributed by atoms with Gasteiger partial charge in [0.1, 0.15) is 0 Å². The minimum atomic E-state index is -0.317. The zero-order chi connectivity index (χ0) is 15.0. The molecule has 1 aromatic rings. The van der Waals surface area contributed by atoms with Crippen molar-refractivity contribution in [1.29, 1.82) is 0 Å². The number of esters is 1. The molecular formula is C16H25NO3. The van der Waals surface area contributed by atoms with Crippen LogP contribution >= 0.6 is 0 Å². The van der Waals surface area contributed by atoms with Crippen molar-refractivity contribution in [1.82, 2.24) is 4.90 Å². The smallest absolute Gasteiger partial charge is 0.337 e. The van der Waals surface area contributed by atoms with Gasteiger partial charge in [-0.3, -0.25) is 4.90 Å². The fourth-order valence-corrected chi connectivity index (χ4v) is 2.47. The average molecular weight is 279 g/mol. The lowest BCUT2D eigenvalue weighted by Crippen LogP contribution is -2.36. The molecule has 1 aromatic carbocycles. The topological polar surface area (TPSA) is 49.8 Å². The molecule has 0 aliphatic rings. The number of aliphatic hydroxyl groups is 1. The van der Waals surface area contributed by atoms with Crippen molar-refractivity contribution in [2.24, 2.45) is 0 Å². The van der Waals surface area contributed by atoms with Gasteiger partial charge in [-0.05, 0) is 30.5 Å². The highest BCUT2D eigenvalue weighted by Crippen LogP contribution is 2.15. The van der Waals surface area contributed by atoms with Crippen LogP contribution in [-0.4, -0.2) is 42.3 Å². The van der Waals surface area contributed by atoms with Gasteiger partial charge in [0.05, 0.1) is 19.3 Å². The number of carbonyl (C=O) groups excluding carboxylic acids is 1. The van der Waals surface area contributed by atoms with Crippen molar-refractivity contribution < 1.29 is 14.6 Å². The second kappa shape index (κ2) is 8.72. The van der Waals surface area contributed by atoms with Crippen molar-refractivity contribution in [3.8, 4) is 0 Å². The van der Waals surface area contributed by atoms with Gasteiger partial charge in [0.25, 0.3) is 0 Å². The molecule has 0 aromatic heterocycles. The molecule has 0 spiro atoms. The van der Waals surface area contributed by atoms with Crippen molar-refractivity contribution in [3.63, 3.8) is 0 Å². The van der Waals surface area contributed by atoms with E-state index in [1.54, 1.807) is 6.07 Å². The molecule has 4 nitrogen and oxygen atoms in total. The van der Waals surface area contributed by atoms with Gasteiger partial charge in [-0.1, -0.05) is 26.0 Å². The standard InChI is InChI=1S/C16H25NO3/c1-4-15(5-2)17(9-10-18)12-13-7-6-8-14(11-13)16(19)20-3/h6-8,11,15,18H,4-5,9-10,12H2,1-3H3. The Bertz CT molecular complexity index is 416. The molecule has 0 saturated heterocycles. The summed E-state index contributed by atoms with van der Waals surface area (Å²) in [6.07, 6.45) is 2.10. The Balaban J connectivity index is 2.85. The van der Waals surface area contributed by atoms with Gasteiger partial charge in [0, 0.05) is 19.1 Å². The number of rotatable bonds is 8. The molecule has 0 heterocycles. The molecule has 1 N–H and O–H groups in total. The zero-order valence-electron chi connectivity index (χ0n) is 12.6. The molecule has 1 rings (SSSR count). The van der Waals surface area contributed by atoms with Crippen molar-refractivity contribution in [2.45, 2.75) is 39.3 Å². The number of hydrogen-bond acceptors (Lipinski definition) is 4. The van der Waals surface area contributed by atoms with Crippen LogP contribution in [0, 0.1) is 0 Å². The fourth-order valence-electron chi connectivity index (χ4n) is 2.47. The van der Waals surface area contributed by atoms with Crippen molar-refractivity contribution in [2.75, 3.05) is 20.3 Å². The van der Waals surface area contributed by atoms with E-state index in [1.807, 2.05) is 18.2 Å². The minimum Gasteiger partial charge on any atom is -0.465 e. The highest BCUT2D eigenvalue weighted by Gasteiger charge is 2.15. The molecule has 0 fully saturated rings. The van der Waals surface area contributed by atoms with Crippen LogP contribution in [0.5, 0.6) is 0 Å². The minimum absolute atomic E-state index is 0.146. The van der Waals surface area contributed by atoms with Crippen LogP contribution in [0.15, 0.2) is 24.3 Å². The van der Waals surface area contributed by atoms with E-state index in [-0.39, 0.29) is 12.6 Å². The summed E-state index contributed by atoms with van der Waals surface area (Å²) in [6, 6.07) is 7.93. The van der Waals surface area contributed by atoms with Gasteiger partial charge >= 0.3 is 5.97 Å². The van der Waals surface area contributed by atoms with E-state index in [4.69, 9.17) is 4.74 Å². The third-order valence-corrected chi connectivity index (χ3v) is 3.58. The normalized spacial score (nSPS) is 11.1. The lowest BCUT2D eigenvalue weighted by molar-refractivity contribution is 0.0600. The Kier molecular flexibility index (Phi) is 7.26. The lowest BCUT2D eigenvalue weighted by atomic mass is 10.1. The fraction of sp³-hybridized carbons (Fsp3) is 0.562. The predicted octanol–water partition coefficient (Wildman–Crippen LogP) is 2.46. The van der Waals surface area contributed by atoms with Crippen LogP contribution in [0.25, 0.3) is 0 Å². The molecule has 0 radical (unpaired) electrons. The summed E-state index contributed by atoms with van der Waals surface area (Å²) in [5.41, 5.74) is 1.63. The van der Waals surface area contributed by atoms with Crippen LogP contribution in [0.1, 0.15) is 42.6 Å².